The van der Waals surface area contributed by atoms with Crippen LogP contribution in [-0.4, -0.2) is 34.6 Å². The van der Waals surface area contributed by atoms with Gasteiger partial charge in [-0.15, -0.1) is 0 Å². The molecule has 25 heavy (non-hydrogen) atoms. The lowest BCUT2D eigenvalue weighted by molar-refractivity contribution is -0.145. The van der Waals surface area contributed by atoms with Gasteiger partial charge in [-0.1, -0.05) is 30.3 Å². The van der Waals surface area contributed by atoms with Gasteiger partial charge >= 0.3 is 5.97 Å². The second-order valence-corrected chi connectivity index (χ2v) is 5.49. The number of nitrogens with one attached hydrogen (secondary N) is 2. The summed E-state index contributed by atoms with van der Waals surface area (Å²) in [4.78, 5) is 38.5. The van der Waals surface area contributed by atoms with Crippen LogP contribution in [0.4, 0.5) is 0 Å². The van der Waals surface area contributed by atoms with Crippen LogP contribution < -0.4 is 10.9 Å². The number of carbonyl (C=O) groups is 2. The largest absolute Gasteiger partial charge is 0.507 e. The predicted molar refractivity (Wildman–Crippen MR) is 91.5 cm³/mol. The minimum Gasteiger partial charge on any atom is -0.507 e. The SMILES string of the molecule is CCOC(=O)[C@H](Cc1ccccc1)NC(=O)c1c(O)cc(=O)[nH]c1C. The number of benzene rings is 1. The first-order valence-electron chi connectivity index (χ1n) is 7.86. The number of aryl methyl sites for hydroxylation is 1. The third-order valence-corrected chi connectivity index (χ3v) is 3.60. The van der Waals surface area contributed by atoms with Gasteiger partial charge in [-0.2, -0.15) is 0 Å². The van der Waals surface area contributed by atoms with Crippen molar-refractivity contribution in [2.75, 3.05) is 6.61 Å². The zero-order valence-electron chi connectivity index (χ0n) is 14.0. The normalized spacial score (nSPS) is 11.6. The van der Waals surface area contributed by atoms with Crippen molar-refractivity contribution in [1.82, 2.24) is 10.3 Å². The van der Waals surface area contributed by atoms with Crippen molar-refractivity contribution >= 4 is 11.9 Å². The van der Waals surface area contributed by atoms with E-state index in [1.807, 2.05) is 30.3 Å². The van der Waals surface area contributed by atoms with Crippen LogP contribution in [0.25, 0.3) is 0 Å². The number of rotatable bonds is 6. The monoisotopic (exact) mass is 344 g/mol. The Morgan fingerprint density at radius 2 is 1.96 bits per heavy atom. The number of hydrogen-bond acceptors (Lipinski definition) is 5. The molecule has 0 aliphatic carbocycles. The summed E-state index contributed by atoms with van der Waals surface area (Å²) in [6.07, 6.45) is 0.245. The lowest BCUT2D eigenvalue weighted by Gasteiger charge is -2.18. The summed E-state index contributed by atoms with van der Waals surface area (Å²) < 4.78 is 5.02. The van der Waals surface area contributed by atoms with Crippen LogP contribution in [0.2, 0.25) is 0 Å². The molecule has 1 atom stereocenters. The highest BCUT2D eigenvalue weighted by molar-refractivity contribution is 5.99. The fourth-order valence-corrected chi connectivity index (χ4v) is 2.47. The number of H-pyrrole nitrogens is 1. The van der Waals surface area contributed by atoms with Crippen LogP contribution in [0.5, 0.6) is 5.75 Å². The molecule has 1 aromatic carbocycles. The number of esters is 1. The summed E-state index contributed by atoms with van der Waals surface area (Å²) in [5.74, 6) is -1.68. The third-order valence-electron chi connectivity index (χ3n) is 3.60. The van der Waals surface area contributed by atoms with E-state index in [0.717, 1.165) is 11.6 Å². The average molecular weight is 344 g/mol. The molecule has 3 N–H and O–H groups in total. The summed E-state index contributed by atoms with van der Waals surface area (Å²) in [7, 11) is 0. The third kappa shape index (κ3) is 4.69. The zero-order chi connectivity index (χ0) is 18.4. The molecular weight excluding hydrogens is 324 g/mol. The van der Waals surface area contributed by atoms with Crippen molar-refractivity contribution in [3.63, 3.8) is 0 Å². The molecule has 132 valence electrons. The Balaban J connectivity index is 2.25. The Morgan fingerprint density at radius 1 is 1.28 bits per heavy atom. The van der Waals surface area contributed by atoms with Gasteiger partial charge in [-0.05, 0) is 19.4 Å². The van der Waals surface area contributed by atoms with E-state index in [9.17, 15) is 19.5 Å². The molecule has 2 aromatic rings. The lowest BCUT2D eigenvalue weighted by atomic mass is 10.0. The zero-order valence-corrected chi connectivity index (χ0v) is 14.0. The van der Waals surface area contributed by atoms with Gasteiger partial charge in [0.25, 0.3) is 11.5 Å². The fourth-order valence-electron chi connectivity index (χ4n) is 2.47. The minimum atomic E-state index is -0.916. The molecule has 0 radical (unpaired) electrons. The van der Waals surface area contributed by atoms with Crippen molar-refractivity contribution < 1.29 is 19.4 Å². The van der Waals surface area contributed by atoms with E-state index in [4.69, 9.17) is 4.74 Å². The molecule has 1 heterocycles. The molecular formula is C18H20N2O5. The summed E-state index contributed by atoms with van der Waals surface area (Å²) in [6.45, 7) is 3.35. The standard InChI is InChI=1S/C18H20N2O5/c1-3-25-18(24)13(9-12-7-5-4-6-8-12)20-17(23)16-11(2)19-15(22)10-14(16)21/h4-8,10,13H,3,9H2,1-2H3,(H,20,23)(H2,19,21,22)/t13-/m0/s1. The van der Waals surface area contributed by atoms with Crippen molar-refractivity contribution in [2.45, 2.75) is 26.3 Å². The molecule has 0 fully saturated rings. The van der Waals surface area contributed by atoms with E-state index in [2.05, 4.69) is 10.3 Å². The highest BCUT2D eigenvalue weighted by Gasteiger charge is 2.25. The number of amides is 1. The number of aromatic amines is 1. The maximum atomic E-state index is 12.5. The van der Waals surface area contributed by atoms with Gasteiger partial charge in [0.05, 0.1) is 6.61 Å². The highest BCUT2D eigenvalue weighted by atomic mass is 16.5. The predicted octanol–water partition coefficient (Wildman–Crippen LogP) is 1.29. The van der Waals surface area contributed by atoms with Crippen molar-refractivity contribution in [1.29, 1.82) is 0 Å². The molecule has 2 rings (SSSR count). The van der Waals surface area contributed by atoms with E-state index in [0.29, 0.717) is 0 Å². The Kier molecular flexibility index (Phi) is 5.94. The van der Waals surface area contributed by atoms with E-state index in [1.165, 1.54) is 6.92 Å². The van der Waals surface area contributed by atoms with E-state index in [1.54, 1.807) is 6.92 Å². The Morgan fingerprint density at radius 3 is 2.56 bits per heavy atom. The molecule has 0 saturated carbocycles. The Bertz CT molecular complexity index is 788. The maximum absolute atomic E-state index is 12.5. The second kappa shape index (κ2) is 8.14. The van der Waals surface area contributed by atoms with Gasteiger partial charge in [0.15, 0.2) is 0 Å². The molecule has 1 aromatic heterocycles. The quantitative estimate of drug-likeness (QED) is 0.684. The summed E-state index contributed by atoms with van der Waals surface area (Å²) >= 11 is 0. The molecule has 0 aliphatic heterocycles. The first-order valence-corrected chi connectivity index (χ1v) is 7.86. The average Bonchev–Trinajstić information content (AvgIpc) is 2.54. The minimum absolute atomic E-state index is 0.0815. The summed E-state index contributed by atoms with van der Waals surface area (Å²) in [6, 6.07) is 9.18. The molecule has 7 nitrogen and oxygen atoms in total. The van der Waals surface area contributed by atoms with Crippen molar-refractivity contribution in [3.8, 4) is 5.75 Å². The van der Waals surface area contributed by atoms with Gasteiger partial charge in [0.2, 0.25) is 0 Å². The van der Waals surface area contributed by atoms with E-state index < -0.39 is 29.2 Å². The number of aromatic hydroxyl groups is 1. The van der Waals surface area contributed by atoms with Crippen LogP contribution >= 0.6 is 0 Å². The van der Waals surface area contributed by atoms with Crippen molar-refractivity contribution in [3.05, 3.63) is 63.6 Å². The van der Waals surface area contributed by atoms with Crippen LogP contribution in [0.3, 0.4) is 0 Å². The molecule has 0 bridgehead atoms. The van der Waals surface area contributed by atoms with Gasteiger partial charge in [-0.3, -0.25) is 9.59 Å². The molecule has 1 amide bonds. The molecule has 0 saturated heterocycles. The summed E-state index contributed by atoms with van der Waals surface area (Å²) in [5, 5.41) is 12.5. The number of pyridine rings is 1. The van der Waals surface area contributed by atoms with E-state index >= 15 is 0 Å². The summed E-state index contributed by atoms with van der Waals surface area (Å²) in [5.41, 5.74) is 0.466. The van der Waals surface area contributed by atoms with Gasteiger partial charge in [0.1, 0.15) is 17.4 Å². The Labute approximate surface area is 144 Å². The molecule has 0 aliphatic rings. The van der Waals surface area contributed by atoms with Gasteiger partial charge in [0, 0.05) is 18.2 Å². The number of hydrogen-bond donors (Lipinski definition) is 3. The second-order valence-electron chi connectivity index (χ2n) is 5.49. The molecule has 0 spiro atoms. The van der Waals surface area contributed by atoms with Crippen LogP contribution in [0.15, 0.2) is 41.2 Å². The van der Waals surface area contributed by atoms with Crippen LogP contribution in [0, 0.1) is 6.92 Å². The van der Waals surface area contributed by atoms with Crippen LogP contribution in [-0.2, 0) is 16.0 Å². The fraction of sp³-hybridized carbons (Fsp3) is 0.278. The maximum Gasteiger partial charge on any atom is 0.328 e. The smallest absolute Gasteiger partial charge is 0.328 e. The Hall–Kier alpha value is -3.09. The highest BCUT2D eigenvalue weighted by Crippen LogP contribution is 2.17. The first-order chi connectivity index (χ1) is 11.9. The van der Waals surface area contributed by atoms with Gasteiger partial charge in [-0.25, -0.2) is 4.79 Å². The molecule has 0 unspecified atom stereocenters. The van der Waals surface area contributed by atoms with E-state index in [-0.39, 0.29) is 24.3 Å². The lowest BCUT2D eigenvalue weighted by Crippen LogP contribution is -2.43. The van der Waals surface area contributed by atoms with Gasteiger partial charge < -0.3 is 20.1 Å². The topological polar surface area (TPSA) is 108 Å². The van der Waals surface area contributed by atoms with Crippen LogP contribution in [0.1, 0.15) is 28.5 Å². The van der Waals surface area contributed by atoms with Crippen molar-refractivity contribution in [2.24, 2.45) is 0 Å². The first kappa shape index (κ1) is 18.3. The molecule has 7 heteroatoms. The number of carbonyl (C=O) groups excluding carboxylic acids is 2. The number of aromatic nitrogens is 1. The number of ether oxygens (including phenoxy) is 1.